The first kappa shape index (κ1) is 35.3. The van der Waals surface area contributed by atoms with E-state index in [0.717, 1.165) is 51.7 Å². The third kappa shape index (κ3) is 13.1. The van der Waals surface area contributed by atoms with E-state index < -0.39 is 6.10 Å². The van der Waals surface area contributed by atoms with E-state index in [1.54, 1.807) is 0 Å². The van der Waals surface area contributed by atoms with Gasteiger partial charge in [0.1, 0.15) is 6.23 Å². The fraction of sp³-hybridized carbons (Fsp3) is 0.808. The summed E-state index contributed by atoms with van der Waals surface area (Å²) in [4.78, 5) is 14.6. The van der Waals surface area contributed by atoms with Gasteiger partial charge in [-0.3, -0.25) is 30.1 Å². The van der Waals surface area contributed by atoms with Crippen LogP contribution in [-0.2, 0) is 9.53 Å². The van der Waals surface area contributed by atoms with Crippen molar-refractivity contribution in [1.29, 1.82) is 0 Å². The molecule has 0 bridgehead atoms. The van der Waals surface area contributed by atoms with Crippen LogP contribution in [0.15, 0.2) is 0 Å². The molecule has 8 nitrogen and oxygen atoms in total. The van der Waals surface area contributed by atoms with Gasteiger partial charge in [-0.25, -0.2) is 0 Å². The molecular formula is C26H47N5Na2O3-2. The molecule has 36 heavy (non-hydrogen) atoms. The van der Waals surface area contributed by atoms with Crippen molar-refractivity contribution in [2.24, 2.45) is 11.8 Å². The van der Waals surface area contributed by atoms with Gasteiger partial charge >= 0.3 is 59.1 Å². The van der Waals surface area contributed by atoms with Crippen LogP contribution in [0.5, 0.6) is 0 Å². The Balaban J connectivity index is 0.000000982. The number of rotatable bonds is 10. The Labute approximate surface area is 264 Å². The Morgan fingerprint density at radius 2 is 2.03 bits per heavy atom. The molecule has 4 aliphatic rings. The Hall–Kier alpha value is 1.23. The van der Waals surface area contributed by atoms with Crippen molar-refractivity contribution in [3.8, 4) is 0 Å². The summed E-state index contributed by atoms with van der Waals surface area (Å²) in [6.07, 6.45) is 13.0. The maximum Gasteiger partial charge on any atom is 1.00 e. The Kier molecular flexibility index (Phi) is 19.7. The molecule has 10 heteroatoms. The Morgan fingerprint density at radius 1 is 1.28 bits per heavy atom. The van der Waals surface area contributed by atoms with Crippen molar-refractivity contribution >= 4 is 5.91 Å². The molecule has 3 aliphatic heterocycles. The molecule has 0 radical (unpaired) electrons. The summed E-state index contributed by atoms with van der Waals surface area (Å²) < 4.78 is 5.97. The van der Waals surface area contributed by atoms with Gasteiger partial charge in [0, 0.05) is 31.6 Å². The zero-order chi connectivity index (χ0) is 24.2. The monoisotopic (exact) mass is 523 g/mol. The number of aliphatic hydroxyl groups is 1. The largest absolute Gasteiger partial charge is 1.00 e. The topological polar surface area (TPSA) is 97.9 Å². The van der Waals surface area contributed by atoms with Gasteiger partial charge in [0.05, 0.1) is 6.10 Å². The van der Waals surface area contributed by atoms with Gasteiger partial charge in [0.2, 0.25) is 5.91 Å². The first-order chi connectivity index (χ1) is 16.5. The summed E-state index contributed by atoms with van der Waals surface area (Å²) in [5.41, 5.74) is 0. The first-order valence-corrected chi connectivity index (χ1v) is 13.3. The van der Waals surface area contributed by atoms with E-state index in [2.05, 4.69) is 53.0 Å². The number of aliphatic hydroxyl groups excluding tert-OH is 1. The number of fused-ring (bicyclic) bond motifs is 1. The molecule has 3 heterocycles. The second kappa shape index (κ2) is 20.2. The summed E-state index contributed by atoms with van der Waals surface area (Å²) in [5.74, 6) is 0.689. The molecule has 4 fully saturated rings. The summed E-state index contributed by atoms with van der Waals surface area (Å²) in [5, 5.41) is 23.1. The minimum atomic E-state index is -0.525. The van der Waals surface area contributed by atoms with E-state index in [4.69, 9.17) is 4.74 Å². The Bertz CT molecular complexity index is 578. The van der Waals surface area contributed by atoms with Crippen molar-refractivity contribution in [1.82, 2.24) is 26.2 Å². The second-order valence-electron chi connectivity index (χ2n) is 10.2. The fourth-order valence-corrected chi connectivity index (χ4v) is 4.87. The zero-order valence-electron chi connectivity index (χ0n) is 23.0. The third-order valence-corrected chi connectivity index (χ3v) is 7.44. The molecule has 0 aromatic carbocycles. The minimum absolute atomic E-state index is 0. The van der Waals surface area contributed by atoms with Crippen LogP contribution in [0, 0.1) is 38.3 Å². The average Bonchev–Trinajstić information content (AvgIpc) is 2.82. The number of β-amino-alcohol motifs (C(OH)–C–C–N with tert-alkyl or cyclic N) is 1. The summed E-state index contributed by atoms with van der Waals surface area (Å²) >= 11 is 0. The average molecular weight is 524 g/mol. The molecule has 5 N–H and O–H groups in total. The number of carbonyl (C=O) groups excluding carboxylic acids is 1. The van der Waals surface area contributed by atoms with E-state index in [-0.39, 0.29) is 83.2 Å². The summed E-state index contributed by atoms with van der Waals surface area (Å²) in [6, 6.07) is 0.732. The molecule has 5 unspecified atom stereocenters. The number of hydrogen-bond donors (Lipinski definition) is 5. The molecular weight excluding hydrogens is 476 g/mol. The molecule has 1 saturated carbocycles. The summed E-state index contributed by atoms with van der Waals surface area (Å²) in [7, 11) is 3.67. The quantitative estimate of drug-likeness (QED) is 0.145. The number of carbonyl (C=O) groups is 1. The predicted octanol–water partition coefficient (Wildman–Crippen LogP) is -4.60. The van der Waals surface area contributed by atoms with Crippen LogP contribution in [-0.4, -0.2) is 79.7 Å². The maximum absolute atomic E-state index is 12.2. The SMILES string of the molecule is [CH-]1CCC1.[CH2-]NC(C)[CH-]COC1CCC2CN(C[C@@H](O)CNC(=O)C3C[CH-]NCC3)CCC2N1.[Na+].[Na+]. The van der Waals surface area contributed by atoms with Crippen molar-refractivity contribution in [3.63, 3.8) is 0 Å². The number of amides is 1. The molecule has 1 aliphatic carbocycles. The van der Waals surface area contributed by atoms with E-state index in [1.165, 1.54) is 19.3 Å². The number of likely N-dealkylation sites (tertiary alicyclic amines) is 1. The first-order valence-electron chi connectivity index (χ1n) is 13.3. The number of nitrogens with one attached hydrogen (secondary N) is 4. The van der Waals surface area contributed by atoms with Crippen molar-refractivity contribution in [2.45, 2.75) is 82.7 Å². The molecule has 1 amide bonds. The third-order valence-electron chi connectivity index (χ3n) is 7.44. The van der Waals surface area contributed by atoms with Gasteiger partial charge in [-0.2, -0.15) is 25.3 Å². The van der Waals surface area contributed by atoms with Gasteiger partial charge in [-0.1, -0.05) is 13.5 Å². The summed E-state index contributed by atoms with van der Waals surface area (Å²) in [6.45, 7) is 8.39. The molecule has 0 spiro atoms. The number of nitrogens with zero attached hydrogens (tertiary/aromatic N) is 1. The maximum atomic E-state index is 12.2. The molecule has 3 saturated heterocycles. The number of piperidine rings is 3. The van der Waals surface area contributed by atoms with Crippen molar-refractivity contribution in [2.75, 3.05) is 39.3 Å². The zero-order valence-corrected chi connectivity index (χ0v) is 27.0. The van der Waals surface area contributed by atoms with Crippen LogP contribution in [0.4, 0.5) is 0 Å². The Morgan fingerprint density at radius 3 is 2.67 bits per heavy atom. The normalized spacial score (nSPS) is 29.5. The van der Waals surface area contributed by atoms with E-state index in [1.807, 2.05) is 6.54 Å². The van der Waals surface area contributed by atoms with Gasteiger partial charge in [0.25, 0.3) is 0 Å². The smallest absolute Gasteiger partial charge is 0.495 e. The van der Waals surface area contributed by atoms with Crippen LogP contribution in [0.2, 0.25) is 0 Å². The second-order valence-corrected chi connectivity index (χ2v) is 10.2. The van der Waals surface area contributed by atoms with Gasteiger partial charge in [-0.15, -0.1) is 6.42 Å². The molecule has 198 valence electrons. The van der Waals surface area contributed by atoms with Crippen molar-refractivity contribution < 1.29 is 73.8 Å². The van der Waals surface area contributed by atoms with Crippen LogP contribution in [0.25, 0.3) is 0 Å². The minimum Gasteiger partial charge on any atom is -0.495 e. The predicted molar refractivity (Wildman–Crippen MR) is 135 cm³/mol. The number of hydrogen-bond acceptors (Lipinski definition) is 7. The number of ether oxygens (including phenoxy) is 1. The van der Waals surface area contributed by atoms with Crippen LogP contribution in [0.3, 0.4) is 0 Å². The molecule has 0 aromatic heterocycles. The van der Waals surface area contributed by atoms with Crippen molar-refractivity contribution in [3.05, 3.63) is 26.4 Å². The van der Waals surface area contributed by atoms with E-state index >= 15 is 0 Å². The standard InChI is InChI=1S/C22H40N5O3.C4H7.2Na/c1-16(23-2)8-12-30-21-4-3-18-14-27(11-7-20(18)26-21)15-19(28)13-25-22(29)17-5-9-24-10-6-17;1-2-4-3-1;;/h8-9,16-21,23-24,26,28H,2-7,10-15H2,1H3,(H,25,29);1H,2-4H2;;/q-3;-1;2*+1/t16?,17?,18?,19-,20?,21?;;;/m0.../s1. The fourth-order valence-electron chi connectivity index (χ4n) is 4.87. The van der Waals surface area contributed by atoms with Gasteiger partial charge in [-0.05, 0) is 44.7 Å². The van der Waals surface area contributed by atoms with E-state index in [0.29, 0.717) is 31.7 Å². The van der Waals surface area contributed by atoms with E-state index in [9.17, 15) is 9.90 Å². The molecule has 4 rings (SSSR count). The van der Waals surface area contributed by atoms with Gasteiger partial charge < -0.3 is 37.1 Å². The molecule has 6 atom stereocenters. The van der Waals surface area contributed by atoms with Crippen LogP contribution >= 0.6 is 0 Å². The van der Waals surface area contributed by atoms with Crippen LogP contribution in [0.1, 0.15) is 58.3 Å². The van der Waals surface area contributed by atoms with Gasteiger partial charge in [0.15, 0.2) is 0 Å². The van der Waals surface area contributed by atoms with Crippen LogP contribution < -0.4 is 80.4 Å². The molecule has 0 aromatic rings.